The first kappa shape index (κ1) is 37.8. The lowest BCUT2D eigenvalue weighted by Crippen LogP contribution is -2.25. The van der Waals surface area contributed by atoms with Crippen LogP contribution in [0.5, 0.6) is 5.75 Å². The predicted octanol–water partition coefficient (Wildman–Crippen LogP) is 8.62. The molecule has 238 valence electrons. The zero-order valence-corrected chi connectivity index (χ0v) is 27.5. The summed E-state index contributed by atoms with van der Waals surface area (Å²) >= 11 is 0. The van der Waals surface area contributed by atoms with Gasteiger partial charge in [-0.05, 0) is 32.1 Å². The van der Waals surface area contributed by atoms with Crippen molar-refractivity contribution in [3.8, 4) is 5.75 Å². The molecule has 1 aromatic rings. The molecule has 0 bridgehead atoms. The van der Waals surface area contributed by atoms with Crippen LogP contribution in [0, 0.1) is 0 Å². The molecule has 0 aliphatic heterocycles. The summed E-state index contributed by atoms with van der Waals surface area (Å²) in [5, 5.41) is 0. The van der Waals surface area contributed by atoms with Crippen molar-refractivity contribution in [2.75, 3.05) is 40.5 Å². The molecule has 0 heterocycles. The van der Waals surface area contributed by atoms with Crippen molar-refractivity contribution >= 4 is 14.6 Å². The first-order valence-electron chi connectivity index (χ1n) is 16.2. The van der Waals surface area contributed by atoms with Gasteiger partial charge < -0.3 is 28.3 Å². The van der Waals surface area contributed by atoms with Gasteiger partial charge in [0, 0.05) is 19.9 Å². The molecule has 1 N–H and O–H groups in total. The van der Waals surface area contributed by atoms with Crippen molar-refractivity contribution in [2.45, 2.75) is 129 Å². The SMILES string of the molecule is CCCCCCCCCCCCCCCCCCOc1ccccc1CC(COP(O)OCCN(C)C)OC(C)=O. The van der Waals surface area contributed by atoms with Crippen LogP contribution in [0.15, 0.2) is 24.3 Å². The van der Waals surface area contributed by atoms with E-state index in [1.54, 1.807) is 0 Å². The molecule has 2 unspecified atom stereocenters. The summed E-state index contributed by atoms with van der Waals surface area (Å²) in [6.07, 6.45) is 21.5. The topological polar surface area (TPSA) is 77.5 Å². The number of likely N-dealkylation sites (N-methyl/N-ethyl adjacent to an activating group) is 1. The molecular weight excluding hydrogens is 537 g/mol. The van der Waals surface area contributed by atoms with Crippen molar-refractivity contribution in [1.82, 2.24) is 4.90 Å². The van der Waals surface area contributed by atoms with Crippen LogP contribution in [0.1, 0.15) is 122 Å². The van der Waals surface area contributed by atoms with Gasteiger partial charge in [0.15, 0.2) is 0 Å². The van der Waals surface area contributed by atoms with Gasteiger partial charge in [-0.1, -0.05) is 121 Å². The van der Waals surface area contributed by atoms with Gasteiger partial charge >= 0.3 is 14.6 Å². The third-order valence-electron chi connectivity index (χ3n) is 7.12. The minimum Gasteiger partial charge on any atom is -0.493 e. The lowest BCUT2D eigenvalue weighted by atomic mass is 10.0. The highest BCUT2D eigenvalue weighted by molar-refractivity contribution is 7.40. The summed E-state index contributed by atoms with van der Waals surface area (Å²) in [5.41, 5.74) is 0.953. The smallest absolute Gasteiger partial charge is 0.330 e. The Morgan fingerprint density at radius 3 is 1.88 bits per heavy atom. The summed E-state index contributed by atoms with van der Waals surface area (Å²) < 4.78 is 22.3. The molecule has 7 nitrogen and oxygen atoms in total. The van der Waals surface area contributed by atoms with E-state index in [0.29, 0.717) is 26.2 Å². The third-order valence-corrected chi connectivity index (χ3v) is 7.89. The van der Waals surface area contributed by atoms with Crippen molar-refractivity contribution in [3.05, 3.63) is 29.8 Å². The van der Waals surface area contributed by atoms with Crippen LogP contribution in [0.25, 0.3) is 0 Å². The maximum atomic E-state index is 11.7. The standard InChI is InChI=1S/C33H60NO6P/c1-5-6-7-8-9-10-11-12-13-14-15-16-17-18-19-22-26-37-33-24-21-20-23-31(33)28-32(40-30(2)35)29-39-41(36)38-27-25-34(3)4/h20-21,23-24,32,36H,5-19,22,25-29H2,1-4H3. The van der Waals surface area contributed by atoms with E-state index in [0.717, 1.165) is 17.7 Å². The van der Waals surface area contributed by atoms with E-state index >= 15 is 0 Å². The fraction of sp³-hybridized carbons (Fsp3) is 0.788. The number of para-hydroxylation sites is 1. The molecule has 0 fully saturated rings. The van der Waals surface area contributed by atoms with Crippen LogP contribution >= 0.6 is 8.60 Å². The largest absolute Gasteiger partial charge is 0.493 e. The average Bonchev–Trinajstić information content (AvgIpc) is 2.93. The normalized spacial score (nSPS) is 12.9. The van der Waals surface area contributed by atoms with E-state index in [1.165, 1.54) is 103 Å². The number of hydrogen-bond donors (Lipinski definition) is 1. The number of benzene rings is 1. The van der Waals surface area contributed by atoms with E-state index in [4.69, 9.17) is 18.5 Å². The molecule has 0 aliphatic carbocycles. The van der Waals surface area contributed by atoms with Crippen LogP contribution in [-0.4, -0.2) is 62.3 Å². The monoisotopic (exact) mass is 597 g/mol. The number of esters is 1. The van der Waals surface area contributed by atoms with Crippen molar-refractivity contribution < 1.29 is 28.2 Å². The van der Waals surface area contributed by atoms with Crippen LogP contribution < -0.4 is 4.74 Å². The number of carbonyl (C=O) groups excluding carboxylic acids is 1. The molecule has 0 amide bonds. The van der Waals surface area contributed by atoms with Crippen LogP contribution in [0.4, 0.5) is 0 Å². The van der Waals surface area contributed by atoms with Crippen molar-refractivity contribution in [1.29, 1.82) is 0 Å². The van der Waals surface area contributed by atoms with Crippen molar-refractivity contribution in [2.24, 2.45) is 0 Å². The first-order valence-corrected chi connectivity index (χ1v) is 17.3. The Balaban J connectivity index is 2.19. The Morgan fingerprint density at radius 1 is 0.805 bits per heavy atom. The fourth-order valence-electron chi connectivity index (χ4n) is 4.75. The van der Waals surface area contributed by atoms with Gasteiger partial charge in [0.1, 0.15) is 11.9 Å². The van der Waals surface area contributed by atoms with E-state index in [9.17, 15) is 9.69 Å². The molecule has 0 saturated heterocycles. The van der Waals surface area contributed by atoms with E-state index in [1.807, 2.05) is 43.3 Å². The maximum Gasteiger partial charge on any atom is 0.330 e. The molecule has 2 atom stereocenters. The summed E-state index contributed by atoms with van der Waals surface area (Å²) in [5.74, 6) is 0.417. The number of unbranched alkanes of at least 4 members (excludes halogenated alkanes) is 15. The summed E-state index contributed by atoms with van der Waals surface area (Å²) in [6, 6.07) is 7.84. The molecule has 0 aromatic heterocycles. The molecule has 0 saturated carbocycles. The van der Waals surface area contributed by atoms with Gasteiger partial charge in [-0.15, -0.1) is 0 Å². The molecule has 41 heavy (non-hydrogen) atoms. The lowest BCUT2D eigenvalue weighted by molar-refractivity contribution is -0.147. The fourth-order valence-corrected chi connectivity index (χ4v) is 5.35. The maximum absolute atomic E-state index is 11.7. The lowest BCUT2D eigenvalue weighted by Gasteiger charge is -2.20. The molecular formula is C33H60NO6P. The molecule has 1 rings (SSSR count). The number of ether oxygens (including phenoxy) is 2. The first-order chi connectivity index (χ1) is 19.9. The summed E-state index contributed by atoms with van der Waals surface area (Å²) in [4.78, 5) is 23.6. The van der Waals surface area contributed by atoms with Crippen LogP contribution in [0.3, 0.4) is 0 Å². The van der Waals surface area contributed by atoms with Gasteiger partial charge in [0.25, 0.3) is 0 Å². The molecule has 1 aromatic carbocycles. The minimum atomic E-state index is -2.03. The Hall–Kier alpha value is -1.24. The number of hydrogen-bond acceptors (Lipinski definition) is 7. The Kier molecular flexibility index (Phi) is 24.3. The highest BCUT2D eigenvalue weighted by atomic mass is 31.2. The second kappa shape index (κ2) is 26.4. The Labute approximate surface area is 252 Å². The van der Waals surface area contributed by atoms with Gasteiger partial charge in [0.05, 0.1) is 19.8 Å². The number of nitrogens with zero attached hydrogens (tertiary/aromatic N) is 1. The van der Waals surface area contributed by atoms with E-state index < -0.39 is 14.7 Å². The van der Waals surface area contributed by atoms with Crippen molar-refractivity contribution in [3.63, 3.8) is 0 Å². The molecule has 0 spiro atoms. The second-order valence-electron chi connectivity index (χ2n) is 11.4. The highest BCUT2D eigenvalue weighted by Crippen LogP contribution is 2.33. The van der Waals surface area contributed by atoms with E-state index in [-0.39, 0.29) is 12.6 Å². The molecule has 0 radical (unpaired) electrons. The summed E-state index contributed by atoms with van der Waals surface area (Å²) in [6.45, 7) is 5.43. The molecule has 8 heteroatoms. The average molecular weight is 598 g/mol. The second-order valence-corrected chi connectivity index (χ2v) is 12.4. The highest BCUT2D eigenvalue weighted by Gasteiger charge is 2.19. The number of rotatable bonds is 28. The van der Waals surface area contributed by atoms with Crippen LogP contribution in [0.2, 0.25) is 0 Å². The van der Waals surface area contributed by atoms with Gasteiger partial charge in [-0.2, -0.15) is 0 Å². The Morgan fingerprint density at radius 2 is 1.34 bits per heavy atom. The zero-order chi connectivity index (χ0) is 30.0. The Bertz CT molecular complexity index is 750. The quantitative estimate of drug-likeness (QED) is 0.0589. The van der Waals surface area contributed by atoms with Gasteiger partial charge in [-0.25, -0.2) is 0 Å². The van der Waals surface area contributed by atoms with Gasteiger partial charge in [-0.3, -0.25) is 4.79 Å². The van der Waals surface area contributed by atoms with E-state index in [2.05, 4.69) is 6.92 Å². The minimum absolute atomic E-state index is 0.0528. The summed E-state index contributed by atoms with van der Waals surface area (Å²) in [7, 11) is 1.84. The molecule has 0 aliphatic rings. The van der Waals surface area contributed by atoms with Crippen LogP contribution in [-0.2, 0) is 25.0 Å². The predicted molar refractivity (Wildman–Crippen MR) is 170 cm³/mol. The van der Waals surface area contributed by atoms with Gasteiger partial charge in [0.2, 0.25) is 0 Å². The third kappa shape index (κ3) is 23.0. The zero-order valence-electron chi connectivity index (χ0n) is 26.6. The number of carbonyl (C=O) groups is 1.